The topological polar surface area (TPSA) is 49.3 Å². The quantitative estimate of drug-likeness (QED) is 0.850. The monoisotopic (exact) mass is 295 g/mol. The van der Waals surface area contributed by atoms with Crippen LogP contribution < -0.4 is 5.32 Å². The van der Waals surface area contributed by atoms with Gasteiger partial charge in [0.25, 0.3) is 0 Å². The van der Waals surface area contributed by atoms with Gasteiger partial charge < -0.3 is 10.4 Å². The first kappa shape index (κ1) is 14.8. The van der Waals surface area contributed by atoms with E-state index in [0.717, 1.165) is 32.2 Å². The lowest BCUT2D eigenvalue weighted by molar-refractivity contribution is 0.0696. The molecule has 0 spiro atoms. The average molecular weight is 295 g/mol. The Morgan fingerprint density at radius 1 is 1.14 bits per heavy atom. The van der Waals surface area contributed by atoms with Crippen LogP contribution >= 0.6 is 0 Å². The molecule has 1 unspecified atom stereocenters. The highest BCUT2D eigenvalue weighted by atomic mass is 16.4. The highest BCUT2D eigenvalue weighted by Crippen LogP contribution is 2.22. The third kappa shape index (κ3) is 3.55. The van der Waals surface area contributed by atoms with E-state index in [1.165, 1.54) is 16.7 Å². The zero-order valence-electron chi connectivity index (χ0n) is 12.6. The molecule has 0 saturated carbocycles. The second-order valence-corrected chi connectivity index (χ2v) is 5.95. The first-order valence-electron chi connectivity index (χ1n) is 7.85. The third-order valence-corrected chi connectivity index (χ3v) is 4.36. The van der Waals surface area contributed by atoms with Crippen molar-refractivity contribution in [2.45, 2.75) is 38.3 Å². The molecular weight excluding hydrogens is 274 g/mol. The maximum atomic E-state index is 11.1. The van der Waals surface area contributed by atoms with Gasteiger partial charge in [0.1, 0.15) is 0 Å². The third-order valence-electron chi connectivity index (χ3n) is 4.36. The van der Waals surface area contributed by atoms with Crippen molar-refractivity contribution >= 4 is 5.97 Å². The van der Waals surface area contributed by atoms with Crippen molar-refractivity contribution in [3.63, 3.8) is 0 Å². The molecule has 0 saturated heterocycles. The largest absolute Gasteiger partial charge is 0.478 e. The zero-order valence-corrected chi connectivity index (χ0v) is 12.6. The van der Waals surface area contributed by atoms with Crippen LogP contribution in [0.25, 0.3) is 0 Å². The first-order chi connectivity index (χ1) is 10.7. The molecule has 0 radical (unpaired) electrons. The smallest absolute Gasteiger partial charge is 0.335 e. The summed E-state index contributed by atoms with van der Waals surface area (Å²) in [7, 11) is 0. The Kier molecular flexibility index (Phi) is 4.54. The van der Waals surface area contributed by atoms with Gasteiger partial charge in [0, 0.05) is 12.6 Å². The van der Waals surface area contributed by atoms with Gasteiger partial charge in [-0.05, 0) is 54.5 Å². The van der Waals surface area contributed by atoms with Gasteiger partial charge in [0.05, 0.1) is 5.56 Å². The van der Waals surface area contributed by atoms with Gasteiger partial charge in [-0.3, -0.25) is 0 Å². The molecule has 22 heavy (non-hydrogen) atoms. The van der Waals surface area contributed by atoms with Crippen LogP contribution in [0.15, 0.2) is 48.5 Å². The van der Waals surface area contributed by atoms with Gasteiger partial charge in [-0.15, -0.1) is 0 Å². The maximum absolute atomic E-state index is 11.1. The number of hydrogen-bond donors (Lipinski definition) is 2. The van der Waals surface area contributed by atoms with Crippen molar-refractivity contribution in [2.24, 2.45) is 0 Å². The SMILES string of the molecule is O=C(O)c1ccc2c(c1)CC(NCc1ccccc1)CCC2. The Hall–Kier alpha value is -2.13. The van der Waals surface area contributed by atoms with Crippen LogP contribution in [0.1, 0.15) is 39.9 Å². The van der Waals surface area contributed by atoms with Gasteiger partial charge in [-0.1, -0.05) is 36.4 Å². The Balaban J connectivity index is 1.70. The molecule has 1 atom stereocenters. The number of carboxylic acid groups (broad SMARTS) is 1. The molecule has 2 aromatic carbocycles. The highest BCUT2D eigenvalue weighted by Gasteiger charge is 2.17. The fourth-order valence-electron chi connectivity index (χ4n) is 3.13. The molecule has 0 fully saturated rings. The van der Waals surface area contributed by atoms with Crippen LogP contribution in [0, 0.1) is 0 Å². The summed E-state index contributed by atoms with van der Waals surface area (Å²) in [6, 6.07) is 16.3. The fourth-order valence-corrected chi connectivity index (χ4v) is 3.13. The van der Waals surface area contributed by atoms with E-state index in [1.54, 1.807) is 6.07 Å². The number of benzene rings is 2. The van der Waals surface area contributed by atoms with E-state index in [0.29, 0.717) is 11.6 Å². The lowest BCUT2D eigenvalue weighted by Gasteiger charge is -2.17. The number of fused-ring (bicyclic) bond motifs is 1. The Morgan fingerprint density at radius 2 is 1.95 bits per heavy atom. The van der Waals surface area contributed by atoms with Crippen molar-refractivity contribution in [1.82, 2.24) is 5.32 Å². The van der Waals surface area contributed by atoms with Crippen LogP contribution in [0.5, 0.6) is 0 Å². The minimum absolute atomic E-state index is 0.391. The Bertz CT molecular complexity index is 652. The number of aromatic carboxylic acids is 1. The minimum Gasteiger partial charge on any atom is -0.478 e. The van der Waals surface area contributed by atoms with Gasteiger partial charge in [-0.25, -0.2) is 4.79 Å². The summed E-state index contributed by atoms with van der Waals surface area (Å²) < 4.78 is 0. The van der Waals surface area contributed by atoms with Crippen molar-refractivity contribution in [2.75, 3.05) is 0 Å². The Morgan fingerprint density at radius 3 is 2.73 bits per heavy atom. The zero-order chi connectivity index (χ0) is 15.4. The molecule has 1 aliphatic carbocycles. The van der Waals surface area contributed by atoms with Crippen LogP contribution in [0.4, 0.5) is 0 Å². The predicted molar refractivity (Wildman–Crippen MR) is 87.1 cm³/mol. The maximum Gasteiger partial charge on any atom is 0.335 e. The summed E-state index contributed by atoms with van der Waals surface area (Å²) in [5, 5.41) is 12.8. The number of nitrogens with one attached hydrogen (secondary N) is 1. The molecule has 0 bridgehead atoms. The molecular formula is C19H21NO2. The van der Waals surface area contributed by atoms with Gasteiger partial charge >= 0.3 is 5.97 Å². The molecule has 114 valence electrons. The van der Waals surface area contributed by atoms with Crippen LogP contribution in [0.2, 0.25) is 0 Å². The number of carbonyl (C=O) groups is 1. The fraction of sp³-hybridized carbons (Fsp3) is 0.316. The van der Waals surface area contributed by atoms with E-state index >= 15 is 0 Å². The van der Waals surface area contributed by atoms with Crippen LogP contribution in [-0.2, 0) is 19.4 Å². The minimum atomic E-state index is -0.846. The summed E-state index contributed by atoms with van der Waals surface area (Å²) in [5.41, 5.74) is 4.16. The predicted octanol–water partition coefficient (Wildman–Crippen LogP) is 3.42. The van der Waals surface area contributed by atoms with Crippen molar-refractivity contribution < 1.29 is 9.90 Å². The molecule has 0 aromatic heterocycles. The number of aryl methyl sites for hydroxylation is 1. The molecule has 3 nitrogen and oxygen atoms in total. The van der Waals surface area contributed by atoms with Crippen molar-refractivity contribution in [1.29, 1.82) is 0 Å². The Labute approximate surface area is 131 Å². The molecule has 1 aliphatic rings. The number of hydrogen-bond acceptors (Lipinski definition) is 2. The van der Waals surface area contributed by atoms with Gasteiger partial charge in [0.15, 0.2) is 0 Å². The van der Waals surface area contributed by atoms with E-state index in [4.69, 9.17) is 5.11 Å². The molecule has 3 heteroatoms. The van der Waals surface area contributed by atoms with E-state index in [1.807, 2.05) is 18.2 Å². The van der Waals surface area contributed by atoms with Crippen LogP contribution in [-0.4, -0.2) is 17.1 Å². The van der Waals surface area contributed by atoms with E-state index in [-0.39, 0.29) is 0 Å². The van der Waals surface area contributed by atoms with E-state index < -0.39 is 5.97 Å². The standard InChI is InChI=1S/C19H21NO2/c21-19(22)16-10-9-15-7-4-8-18(12-17(15)11-16)20-13-14-5-2-1-3-6-14/h1-3,5-6,9-11,18,20H,4,7-8,12-13H2,(H,21,22). The van der Waals surface area contributed by atoms with Crippen molar-refractivity contribution in [3.8, 4) is 0 Å². The molecule has 2 aromatic rings. The van der Waals surface area contributed by atoms with E-state index in [9.17, 15) is 4.79 Å². The summed E-state index contributed by atoms with van der Waals surface area (Å²) >= 11 is 0. The first-order valence-corrected chi connectivity index (χ1v) is 7.85. The van der Waals surface area contributed by atoms with Gasteiger partial charge in [-0.2, -0.15) is 0 Å². The average Bonchev–Trinajstić information content (AvgIpc) is 2.75. The molecule has 3 rings (SSSR count). The lowest BCUT2D eigenvalue weighted by atomic mass is 9.99. The normalized spacial score (nSPS) is 17.5. The number of rotatable bonds is 4. The van der Waals surface area contributed by atoms with Crippen LogP contribution in [0.3, 0.4) is 0 Å². The molecule has 0 aliphatic heterocycles. The van der Waals surface area contributed by atoms with Gasteiger partial charge in [0.2, 0.25) is 0 Å². The highest BCUT2D eigenvalue weighted by molar-refractivity contribution is 5.87. The summed E-state index contributed by atoms with van der Waals surface area (Å²) in [5.74, 6) is -0.846. The van der Waals surface area contributed by atoms with E-state index in [2.05, 4.69) is 29.6 Å². The number of carboxylic acids is 1. The second-order valence-electron chi connectivity index (χ2n) is 5.95. The summed E-state index contributed by atoms with van der Waals surface area (Å²) in [6.45, 7) is 0.861. The molecule has 2 N–H and O–H groups in total. The lowest BCUT2D eigenvalue weighted by Crippen LogP contribution is -2.30. The molecule has 0 heterocycles. The molecule has 0 amide bonds. The second kappa shape index (κ2) is 6.75. The van der Waals surface area contributed by atoms with Crippen molar-refractivity contribution in [3.05, 3.63) is 70.8 Å². The summed E-state index contributed by atoms with van der Waals surface area (Å²) in [4.78, 5) is 11.1. The summed E-state index contributed by atoms with van der Waals surface area (Å²) in [6.07, 6.45) is 4.22.